The Balaban J connectivity index is 1.49. The third kappa shape index (κ3) is 4.84. The first-order valence-corrected chi connectivity index (χ1v) is 8.77. The number of rotatable bonds is 6. The average Bonchev–Trinajstić information content (AvgIpc) is 2.94. The molecule has 2 aliphatic rings. The van der Waals surface area contributed by atoms with Gasteiger partial charge in [0.2, 0.25) is 5.91 Å². The van der Waals surface area contributed by atoms with E-state index in [1.165, 1.54) is 24.7 Å². The highest BCUT2D eigenvalue weighted by atomic mass is 19.1. The molecule has 1 aromatic rings. The van der Waals surface area contributed by atoms with Crippen LogP contribution in [0.25, 0.3) is 0 Å². The number of aromatic nitrogens is 2. The second-order valence-electron chi connectivity index (χ2n) is 6.75. The molecule has 0 saturated carbocycles. The van der Waals surface area contributed by atoms with Gasteiger partial charge in [0, 0.05) is 50.1 Å². The average molecular weight is 332 g/mol. The first kappa shape index (κ1) is 17.0. The van der Waals surface area contributed by atoms with Gasteiger partial charge in [-0.05, 0) is 32.1 Å². The molecule has 24 heavy (non-hydrogen) atoms. The quantitative estimate of drug-likeness (QED) is 0.813. The number of allylic oxidation sites excluding steroid dienone is 1. The molecule has 1 N–H and O–H groups in total. The van der Waals surface area contributed by atoms with Crippen molar-refractivity contribution in [2.45, 2.75) is 57.3 Å². The molecule has 0 bridgehead atoms. The largest absolute Gasteiger partial charge is 0.354 e. The summed E-state index contributed by atoms with van der Waals surface area (Å²) in [5.74, 6) is 0.0495. The fraction of sp³-hybridized carbons (Fsp3) is 0.611. The fourth-order valence-electron chi connectivity index (χ4n) is 3.54. The zero-order valence-electron chi connectivity index (χ0n) is 14.0. The van der Waals surface area contributed by atoms with Gasteiger partial charge in [-0.15, -0.1) is 0 Å². The van der Waals surface area contributed by atoms with E-state index in [1.54, 1.807) is 12.4 Å². The van der Waals surface area contributed by atoms with E-state index in [9.17, 15) is 9.18 Å². The Bertz CT molecular complexity index is 578. The molecule has 1 aliphatic heterocycles. The molecule has 1 saturated heterocycles. The van der Waals surface area contributed by atoms with Gasteiger partial charge in [0.15, 0.2) is 0 Å². The van der Waals surface area contributed by atoms with Crippen molar-refractivity contribution in [1.29, 1.82) is 0 Å². The standard InChI is InChI=1S/C18H25FN4O/c19-16-7-17(23(12-16)11-15-8-20-13-21-9-15)10-22-18(24)6-14-4-2-1-3-5-14/h4,8-9,13,16-17H,1-3,5-7,10-12H2,(H,22,24)/t16-,17-/m0/s1. The van der Waals surface area contributed by atoms with Gasteiger partial charge in [-0.25, -0.2) is 14.4 Å². The lowest BCUT2D eigenvalue weighted by Gasteiger charge is -2.24. The highest BCUT2D eigenvalue weighted by Gasteiger charge is 2.32. The number of hydrogen-bond acceptors (Lipinski definition) is 4. The van der Waals surface area contributed by atoms with Gasteiger partial charge in [0.25, 0.3) is 0 Å². The maximum atomic E-state index is 13.8. The van der Waals surface area contributed by atoms with Crippen LogP contribution in [0.15, 0.2) is 30.4 Å². The number of alkyl halides is 1. The zero-order chi connectivity index (χ0) is 16.8. The van der Waals surface area contributed by atoms with Gasteiger partial charge < -0.3 is 5.32 Å². The van der Waals surface area contributed by atoms with Crippen molar-refractivity contribution in [3.8, 4) is 0 Å². The summed E-state index contributed by atoms with van der Waals surface area (Å²) >= 11 is 0. The van der Waals surface area contributed by atoms with Crippen molar-refractivity contribution < 1.29 is 9.18 Å². The molecule has 130 valence electrons. The summed E-state index contributed by atoms with van der Waals surface area (Å²) in [4.78, 5) is 22.2. The zero-order valence-corrected chi connectivity index (χ0v) is 14.0. The Labute approximate surface area is 142 Å². The van der Waals surface area contributed by atoms with Gasteiger partial charge in [-0.2, -0.15) is 0 Å². The summed E-state index contributed by atoms with van der Waals surface area (Å²) in [6.45, 7) is 1.52. The Morgan fingerprint density at radius 1 is 1.33 bits per heavy atom. The Morgan fingerprint density at radius 2 is 2.17 bits per heavy atom. The topological polar surface area (TPSA) is 58.1 Å². The molecule has 6 heteroatoms. The van der Waals surface area contributed by atoms with Crippen LogP contribution in [0.2, 0.25) is 0 Å². The highest BCUT2D eigenvalue weighted by Crippen LogP contribution is 2.23. The number of halogens is 1. The van der Waals surface area contributed by atoms with Gasteiger partial charge in [0.1, 0.15) is 12.5 Å². The van der Waals surface area contributed by atoms with E-state index in [2.05, 4.69) is 26.3 Å². The predicted octanol–water partition coefficient (Wildman–Crippen LogP) is 2.40. The number of likely N-dealkylation sites (tertiary alicyclic amines) is 1. The molecular weight excluding hydrogens is 307 g/mol. The lowest BCUT2D eigenvalue weighted by Crippen LogP contribution is -2.39. The number of carbonyl (C=O) groups excluding carboxylic acids is 1. The maximum Gasteiger partial charge on any atom is 0.224 e. The second-order valence-corrected chi connectivity index (χ2v) is 6.75. The van der Waals surface area contributed by atoms with Gasteiger partial charge in [0.05, 0.1) is 0 Å². The van der Waals surface area contributed by atoms with Gasteiger partial charge in [-0.1, -0.05) is 11.6 Å². The summed E-state index contributed by atoms with van der Waals surface area (Å²) in [7, 11) is 0. The van der Waals surface area contributed by atoms with E-state index in [1.807, 2.05) is 0 Å². The maximum absolute atomic E-state index is 13.8. The summed E-state index contributed by atoms with van der Waals surface area (Å²) in [5, 5.41) is 2.99. The molecule has 5 nitrogen and oxygen atoms in total. The highest BCUT2D eigenvalue weighted by molar-refractivity contribution is 5.78. The summed E-state index contributed by atoms with van der Waals surface area (Å²) in [6, 6.07) is 0.0319. The third-order valence-corrected chi connectivity index (χ3v) is 4.78. The van der Waals surface area contributed by atoms with Crippen molar-refractivity contribution >= 4 is 5.91 Å². The SMILES string of the molecule is O=C(CC1=CCCCC1)NC[C@@H]1C[C@H](F)CN1Cc1cncnc1. The molecule has 1 aliphatic carbocycles. The van der Waals surface area contributed by atoms with E-state index < -0.39 is 6.17 Å². The molecule has 0 spiro atoms. The van der Waals surface area contributed by atoms with Crippen LogP contribution in [-0.2, 0) is 11.3 Å². The Hall–Kier alpha value is -1.82. The lowest BCUT2D eigenvalue weighted by atomic mass is 9.97. The molecule has 1 amide bonds. The molecule has 1 aromatic heterocycles. The minimum Gasteiger partial charge on any atom is -0.354 e. The van der Waals surface area contributed by atoms with Crippen LogP contribution in [0.4, 0.5) is 4.39 Å². The number of hydrogen-bond donors (Lipinski definition) is 1. The molecule has 2 heterocycles. The van der Waals surface area contributed by atoms with E-state index in [0.717, 1.165) is 18.4 Å². The van der Waals surface area contributed by atoms with Crippen molar-refractivity contribution in [2.75, 3.05) is 13.1 Å². The van der Waals surface area contributed by atoms with Gasteiger partial charge in [-0.3, -0.25) is 9.69 Å². The molecule has 3 rings (SSSR count). The number of nitrogens with zero attached hydrogens (tertiary/aromatic N) is 3. The van der Waals surface area contributed by atoms with Crippen molar-refractivity contribution in [3.05, 3.63) is 35.9 Å². The number of nitrogens with one attached hydrogen (secondary N) is 1. The normalized spacial score (nSPS) is 24.6. The Morgan fingerprint density at radius 3 is 2.92 bits per heavy atom. The van der Waals surface area contributed by atoms with E-state index >= 15 is 0 Å². The molecule has 0 unspecified atom stereocenters. The van der Waals surface area contributed by atoms with Crippen LogP contribution in [0.1, 0.15) is 44.1 Å². The van der Waals surface area contributed by atoms with Crippen LogP contribution in [0, 0.1) is 0 Å². The first-order valence-electron chi connectivity index (χ1n) is 8.77. The van der Waals surface area contributed by atoms with Crippen molar-refractivity contribution in [3.63, 3.8) is 0 Å². The summed E-state index contributed by atoms with van der Waals surface area (Å²) < 4.78 is 13.8. The van der Waals surface area contributed by atoms with Crippen LogP contribution in [0.3, 0.4) is 0 Å². The van der Waals surface area contributed by atoms with E-state index in [-0.39, 0.29) is 11.9 Å². The minimum atomic E-state index is -0.836. The van der Waals surface area contributed by atoms with Crippen LogP contribution < -0.4 is 5.32 Å². The van der Waals surface area contributed by atoms with E-state index in [4.69, 9.17) is 0 Å². The molecule has 0 aromatic carbocycles. The number of carbonyl (C=O) groups is 1. The fourth-order valence-corrected chi connectivity index (χ4v) is 3.54. The molecule has 0 radical (unpaired) electrons. The van der Waals surface area contributed by atoms with Crippen molar-refractivity contribution in [2.24, 2.45) is 0 Å². The second kappa shape index (κ2) is 8.33. The van der Waals surface area contributed by atoms with Crippen LogP contribution in [-0.4, -0.2) is 46.1 Å². The minimum absolute atomic E-state index is 0.0319. The van der Waals surface area contributed by atoms with E-state index in [0.29, 0.717) is 32.5 Å². The monoisotopic (exact) mass is 332 g/mol. The smallest absolute Gasteiger partial charge is 0.224 e. The lowest BCUT2D eigenvalue weighted by molar-refractivity contribution is -0.120. The Kier molecular flexibility index (Phi) is 5.91. The van der Waals surface area contributed by atoms with Crippen LogP contribution >= 0.6 is 0 Å². The summed E-state index contributed by atoms with van der Waals surface area (Å²) in [6.07, 6.45) is 11.8. The van der Waals surface area contributed by atoms with Gasteiger partial charge >= 0.3 is 0 Å². The molecular formula is C18H25FN4O. The van der Waals surface area contributed by atoms with Crippen LogP contribution in [0.5, 0.6) is 0 Å². The third-order valence-electron chi connectivity index (χ3n) is 4.78. The molecule has 1 fully saturated rings. The molecule has 2 atom stereocenters. The van der Waals surface area contributed by atoms with Crippen molar-refractivity contribution in [1.82, 2.24) is 20.2 Å². The predicted molar refractivity (Wildman–Crippen MR) is 89.9 cm³/mol. The summed E-state index contributed by atoms with van der Waals surface area (Å²) in [5.41, 5.74) is 2.21. The number of amides is 1. The first-order chi connectivity index (χ1) is 11.7.